The van der Waals surface area contributed by atoms with E-state index < -0.39 is 0 Å². The van der Waals surface area contributed by atoms with Gasteiger partial charge in [-0.25, -0.2) is 8.78 Å². The number of hydrogen-bond donors (Lipinski definition) is 0. The van der Waals surface area contributed by atoms with Crippen molar-refractivity contribution in [3.63, 3.8) is 0 Å². The maximum atomic E-state index is 13.1. The summed E-state index contributed by atoms with van der Waals surface area (Å²) in [5, 5.41) is 0. The zero-order valence-electron chi connectivity index (χ0n) is 9.71. The molecule has 17 heavy (non-hydrogen) atoms. The van der Waals surface area contributed by atoms with Crippen molar-refractivity contribution in [2.24, 2.45) is 0 Å². The summed E-state index contributed by atoms with van der Waals surface area (Å²) in [4.78, 5) is 0. The first-order chi connectivity index (χ1) is 8.15. The third kappa shape index (κ3) is 3.16. The van der Waals surface area contributed by atoms with Crippen LogP contribution in [0.3, 0.4) is 0 Å². The molecule has 0 heterocycles. The smallest absolute Gasteiger partial charge is 0.162 e. The van der Waals surface area contributed by atoms with Crippen molar-refractivity contribution in [2.45, 2.75) is 13.2 Å². The van der Waals surface area contributed by atoms with Gasteiger partial charge in [0, 0.05) is 0 Å². The summed E-state index contributed by atoms with van der Waals surface area (Å²) < 4.78 is 26.1. The molecule has 0 unspecified atom stereocenters. The average Bonchev–Trinajstić information content (AvgIpc) is 2.30. The maximum Gasteiger partial charge on any atom is 0.162 e. The molecule has 3 heteroatoms. The largest absolute Gasteiger partial charge is 0.207 e. The summed E-state index contributed by atoms with van der Waals surface area (Å²) in [6, 6.07) is 11.3. The molecule has 0 amide bonds. The van der Waals surface area contributed by atoms with E-state index in [0.29, 0.717) is 0 Å². The molecule has 0 fully saturated rings. The molecule has 0 spiro atoms. The highest BCUT2D eigenvalue weighted by Crippen LogP contribution is 2.04. The van der Waals surface area contributed by atoms with Gasteiger partial charge in [0.15, 0.2) is 7.28 Å². The number of benzene rings is 2. The molecule has 0 nitrogen and oxygen atoms in total. The SMILES string of the molecule is Cc1ccc(F)cc1BCc1cccc(F)c1. The minimum Gasteiger partial charge on any atom is -0.207 e. The van der Waals surface area contributed by atoms with Crippen LogP contribution < -0.4 is 5.46 Å². The van der Waals surface area contributed by atoms with Gasteiger partial charge in [0.25, 0.3) is 0 Å². The first-order valence-corrected chi connectivity index (χ1v) is 5.64. The van der Waals surface area contributed by atoms with Crippen molar-refractivity contribution in [3.05, 3.63) is 65.2 Å². The lowest BCUT2D eigenvalue weighted by molar-refractivity contribution is 0.626. The molecule has 0 aliphatic heterocycles. The first-order valence-electron chi connectivity index (χ1n) is 5.64. The van der Waals surface area contributed by atoms with Crippen LogP contribution in [0.25, 0.3) is 0 Å². The van der Waals surface area contributed by atoms with Gasteiger partial charge < -0.3 is 0 Å². The highest BCUT2D eigenvalue weighted by Gasteiger charge is 2.03. The molecule has 0 radical (unpaired) electrons. The van der Waals surface area contributed by atoms with E-state index in [0.717, 1.165) is 30.2 Å². The Morgan fingerprint density at radius 2 is 1.76 bits per heavy atom. The molecule has 86 valence electrons. The van der Waals surface area contributed by atoms with E-state index in [4.69, 9.17) is 0 Å². The lowest BCUT2D eigenvalue weighted by Gasteiger charge is -2.05. The number of rotatable bonds is 3. The Hall–Kier alpha value is -1.64. The molecule has 0 atom stereocenters. The Bertz CT molecular complexity index is 523. The standard InChI is InChI=1S/C14H13BF2/c1-10-5-6-13(17)8-14(10)15-9-11-3-2-4-12(16)7-11/h2-8,15H,9H2,1H3. The predicted octanol–water partition coefficient (Wildman–Crippen LogP) is 2.54. The zero-order valence-corrected chi connectivity index (χ0v) is 9.71. The van der Waals surface area contributed by atoms with Crippen molar-refractivity contribution in [1.82, 2.24) is 0 Å². The molecule has 0 bridgehead atoms. The number of halogens is 2. The van der Waals surface area contributed by atoms with Crippen molar-refractivity contribution in [1.29, 1.82) is 0 Å². The normalized spacial score (nSPS) is 10.3. The minimum atomic E-state index is -0.224. The van der Waals surface area contributed by atoms with Crippen molar-refractivity contribution in [2.75, 3.05) is 0 Å². The van der Waals surface area contributed by atoms with Crippen molar-refractivity contribution < 1.29 is 8.78 Å². The Balaban J connectivity index is 2.09. The summed E-state index contributed by atoms with van der Waals surface area (Å²) in [6.45, 7) is 1.96. The Labute approximate surface area is 101 Å². The van der Waals surface area contributed by atoms with E-state index in [9.17, 15) is 8.78 Å². The number of hydrogen-bond acceptors (Lipinski definition) is 0. The van der Waals surface area contributed by atoms with E-state index in [1.165, 1.54) is 18.2 Å². The van der Waals surface area contributed by atoms with Crippen LogP contribution in [0.5, 0.6) is 0 Å². The molecule has 2 aromatic carbocycles. The summed E-state index contributed by atoms with van der Waals surface area (Å²) in [5.41, 5.74) is 2.99. The lowest BCUT2D eigenvalue weighted by Crippen LogP contribution is -2.20. The third-order valence-corrected chi connectivity index (χ3v) is 2.88. The van der Waals surface area contributed by atoms with E-state index in [-0.39, 0.29) is 11.6 Å². The second-order valence-electron chi connectivity index (χ2n) is 4.20. The predicted molar refractivity (Wildman–Crippen MR) is 68.0 cm³/mol. The van der Waals surface area contributed by atoms with Crippen LogP contribution in [0.1, 0.15) is 11.1 Å². The number of aryl methyl sites for hydroxylation is 1. The average molecular weight is 230 g/mol. The topological polar surface area (TPSA) is 0 Å². The van der Waals surface area contributed by atoms with Gasteiger partial charge in [-0.3, -0.25) is 0 Å². The van der Waals surface area contributed by atoms with Crippen LogP contribution in [0.15, 0.2) is 42.5 Å². The van der Waals surface area contributed by atoms with E-state index in [1.807, 2.05) is 13.0 Å². The molecule has 0 aromatic heterocycles. The molecular weight excluding hydrogens is 217 g/mol. The fourth-order valence-electron chi connectivity index (χ4n) is 1.88. The van der Waals surface area contributed by atoms with Crippen LogP contribution in [-0.2, 0) is 6.32 Å². The first kappa shape index (κ1) is 11.8. The van der Waals surface area contributed by atoms with Gasteiger partial charge in [-0.05, 0) is 37.5 Å². The van der Waals surface area contributed by atoms with E-state index >= 15 is 0 Å². The second-order valence-corrected chi connectivity index (χ2v) is 4.20. The van der Waals surface area contributed by atoms with E-state index in [2.05, 4.69) is 0 Å². The zero-order chi connectivity index (χ0) is 12.3. The van der Waals surface area contributed by atoms with Gasteiger partial charge in [-0.2, -0.15) is 0 Å². The minimum absolute atomic E-state index is 0.218. The van der Waals surface area contributed by atoms with Crippen molar-refractivity contribution in [3.8, 4) is 0 Å². The van der Waals surface area contributed by atoms with Gasteiger partial charge in [0.1, 0.15) is 11.6 Å². The summed E-state index contributed by atoms with van der Waals surface area (Å²) in [6.07, 6.45) is 0.724. The third-order valence-electron chi connectivity index (χ3n) is 2.88. The fourth-order valence-corrected chi connectivity index (χ4v) is 1.88. The highest BCUT2D eigenvalue weighted by molar-refractivity contribution is 6.53. The van der Waals surface area contributed by atoms with Crippen LogP contribution in [-0.4, -0.2) is 7.28 Å². The molecule has 0 aliphatic rings. The van der Waals surface area contributed by atoms with Crippen LogP contribution in [0.4, 0.5) is 8.78 Å². The fraction of sp³-hybridized carbons (Fsp3) is 0.143. The summed E-state index contributed by atoms with van der Waals surface area (Å²) >= 11 is 0. The van der Waals surface area contributed by atoms with Gasteiger partial charge >= 0.3 is 0 Å². The Morgan fingerprint density at radius 3 is 2.53 bits per heavy atom. The Kier molecular flexibility index (Phi) is 3.57. The molecule has 2 aromatic rings. The highest BCUT2D eigenvalue weighted by atomic mass is 19.1. The molecule has 0 saturated heterocycles. The van der Waals surface area contributed by atoms with Crippen LogP contribution in [0.2, 0.25) is 0 Å². The molecule has 0 N–H and O–H groups in total. The maximum absolute atomic E-state index is 13.1. The van der Waals surface area contributed by atoms with Crippen LogP contribution >= 0.6 is 0 Å². The molecule has 0 saturated carbocycles. The molecule has 0 aliphatic carbocycles. The van der Waals surface area contributed by atoms with Gasteiger partial charge in [0.2, 0.25) is 0 Å². The quantitative estimate of drug-likeness (QED) is 0.710. The summed E-state index contributed by atoms with van der Waals surface area (Å²) in [5.74, 6) is -0.441. The Morgan fingerprint density at radius 1 is 1.00 bits per heavy atom. The van der Waals surface area contributed by atoms with Crippen molar-refractivity contribution >= 4 is 12.7 Å². The molecule has 2 rings (SSSR count). The van der Waals surface area contributed by atoms with Gasteiger partial charge in [0.05, 0.1) is 0 Å². The van der Waals surface area contributed by atoms with Crippen LogP contribution in [0, 0.1) is 18.6 Å². The van der Waals surface area contributed by atoms with Gasteiger partial charge in [-0.15, -0.1) is 0 Å². The van der Waals surface area contributed by atoms with Gasteiger partial charge in [-0.1, -0.05) is 34.8 Å². The monoisotopic (exact) mass is 230 g/mol. The van der Waals surface area contributed by atoms with E-state index in [1.54, 1.807) is 18.2 Å². The summed E-state index contributed by atoms with van der Waals surface area (Å²) in [7, 11) is 0.729. The second kappa shape index (κ2) is 5.13. The molecular formula is C14H13BF2. The lowest BCUT2D eigenvalue weighted by atomic mass is 9.64.